The molecule has 5 nitrogen and oxygen atoms in total. The van der Waals surface area contributed by atoms with Crippen LogP contribution in [-0.2, 0) is 0 Å². The van der Waals surface area contributed by atoms with Gasteiger partial charge in [0.1, 0.15) is 15.6 Å². The Kier molecular flexibility index (Phi) is 6.33. The standard InChI is InChI=1S/C15H27N3O2S/c1-7-9-18(8-2)15-12(20-10(3)4)11(16)13(21-15)14(19)17(5)6/h10H,7-9,16H2,1-6H3. The lowest BCUT2D eigenvalue weighted by molar-refractivity contribution is 0.0832. The average molecular weight is 313 g/mol. The molecule has 1 rings (SSSR count). The van der Waals surface area contributed by atoms with Gasteiger partial charge in [-0.2, -0.15) is 0 Å². The molecule has 21 heavy (non-hydrogen) atoms. The second-order valence-corrected chi connectivity index (χ2v) is 6.42. The molecular formula is C15H27N3O2S. The summed E-state index contributed by atoms with van der Waals surface area (Å²) in [5.41, 5.74) is 6.65. The van der Waals surface area contributed by atoms with Gasteiger partial charge in [0.15, 0.2) is 5.75 Å². The molecule has 0 aliphatic heterocycles. The van der Waals surface area contributed by atoms with Crippen LogP contribution in [0.1, 0.15) is 43.8 Å². The van der Waals surface area contributed by atoms with Crippen LogP contribution < -0.4 is 15.4 Å². The Morgan fingerprint density at radius 2 is 1.95 bits per heavy atom. The molecule has 0 saturated carbocycles. The minimum atomic E-state index is -0.0788. The Morgan fingerprint density at radius 1 is 1.33 bits per heavy atom. The highest BCUT2D eigenvalue weighted by molar-refractivity contribution is 7.19. The van der Waals surface area contributed by atoms with Crippen molar-refractivity contribution >= 4 is 27.9 Å². The lowest BCUT2D eigenvalue weighted by Crippen LogP contribution is -2.23. The second kappa shape index (κ2) is 7.54. The van der Waals surface area contributed by atoms with Gasteiger partial charge in [-0.1, -0.05) is 6.92 Å². The topological polar surface area (TPSA) is 58.8 Å². The Bertz CT molecular complexity index is 484. The summed E-state index contributed by atoms with van der Waals surface area (Å²) in [4.78, 5) is 16.6. The fraction of sp³-hybridized carbons (Fsp3) is 0.667. The molecule has 1 heterocycles. The lowest BCUT2D eigenvalue weighted by atomic mass is 10.3. The Hall–Kier alpha value is -1.43. The molecular weight excluding hydrogens is 286 g/mol. The van der Waals surface area contributed by atoms with E-state index in [0.29, 0.717) is 16.3 Å². The molecule has 0 unspecified atom stereocenters. The minimum absolute atomic E-state index is 0.0169. The monoisotopic (exact) mass is 313 g/mol. The van der Waals surface area contributed by atoms with E-state index in [1.807, 2.05) is 13.8 Å². The largest absolute Gasteiger partial charge is 0.486 e. The molecule has 0 bridgehead atoms. The van der Waals surface area contributed by atoms with E-state index in [0.717, 1.165) is 24.5 Å². The van der Waals surface area contributed by atoms with Gasteiger partial charge in [0, 0.05) is 27.2 Å². The van der Waals surface area contributed by atoms with E-state index in [2.05, 4.69) is 18.7 Å². The number of anilines is 2. The zero-order chi connectivity index (χ0) is 16.2. The zero-order valence-corrected chi connectivity index (χ0v) is 14.7. The molecule has 0 aliphatic rings. The Morgan fingerprint density at radius 3 is 2.38 bits per heavy atom. The fourth-order valence-corrected chi connectivity index (χ4v) is 3.28. The van der Waals surface area contributed by atoms with Gasteiger partial charge in [-0.25, -0.2) is 0 Å². The van der Waals surface area contributed by atoms with E-state index >= 15 is 0 Å². The normalized spacial score (nSPS) is 10.8. The maximum Gasteiger partial charge on any atom is 0.265 e. The van der Waals surface area contributed by atoms with Crippen LogP contribution >= 0.6 is 11.3 Å². The van der Waals surface area contributed by atoms with Gasteiger partial charge in [-0.05, 0) is 27.2 Å². The summed E-state index contributed by atoms with van der Waals surface area (Å²) in [5, 5.41) is 0.954. The summed E-state index contributed by atoms with van der Waals surface area (Å²) in [6.07, 6.45) is 1.05. The number of nitrogens with two attached hydrogens (primary N) is 1. The fourth-order valence-electron chi connectivity index (χ4n) is 2.01. The summed E-state index contributed by atoms with van der Waals surface area (Å²) in [6.45, 7) is 9.93. The average Bonchev–Trinajstić information content (AvgIpc) is 2.72. The van der Waals surface area contributed by atoms with Crippen molar-refractivity contribution in [1.29, 1.82) is 0 Å². The molecule has 0 saturated heterocycles. The third kappa shape index (κ3) is 4.03. The highest BCUT2D eigenvalue weighted by Gasteiger charge is 2.26. The highest BCUT2D eigenvalue weighted by atomic mass is 32.1. The van der Waals surface area contributed by atoms with Crippen LogP contribution in [0, 0.1) is 0 Å². The molecule has 6 heteroatoms. The van der Waals surface area contributed by atoms with Gasteiger partial charge in [-0.3, -0.25) is 4.79 Å². The highest BCUT2D eigenvalue weighted by Crippen LogP contribution is 2.45. The molecule has 2 N–H and O–H groups in total. The van der Waals surface area contributed by atoms with Crippen molar-refractivity contribution in [2.24, 2.45) is 0 Å². The maximum atomic E-state index is 12.3. The summed E-state index contributed by atoms with van der Waals surface area (Å²) in [5.74, 6) is 0.570. The number of carbonyl (C=O) groups excluding carboxylic acids is 1. The number of carbonyl (C=O) groups is 1. The second-order valence-electron chi connectivity index (χ2n) is 5.42. The molecule has 1 aromatic rings. The summed E-state index contributed by atoms with van der Waals surface area (Å²) in [7, 11) is 3.46. The number of amides is 1. The smallest absolute Gasteiger partial charge is 0.265 e. The predicted molar refractivity (Wildman–Crippen MR) is 90.7 cm³/mol. The van der Waals surface area contributed by atoms with E-state index in [9.17, 15) is 4.79 Å². The number of hydrogen-bond donors (Lipinski definition) is 1. The third-order valence-corrected chi connectivity index (χ3v) is 4.23. The zero-order valence-electron chi connectivity index (χ0n) is 13.9. The molecule has 0 radical (unpaired) electrons. The lowest BCUT2D eigenvalue weighted by Gasteiger charge is -2.23. The van der Waals surface area contributed by atoms with E-state index in [-0.39, 0.29) is 12.0 Å². The molecule has 120 valence electrons. The summed E-state index contributed by atoms with van der Waals surface area (Å²) in [6, 6.07) is 0. The maximum absolute atomic E-state index is 12.3. The summed E-state index contributed by atoms with van der Waals surface area (Å²) < 4.78 is 5.89. The molecule has 0 aliphatic carbocycles. The van der Waals surface area contributed by atoms with Crippen molar-refractivity contribution in [2.75, 3.05) is 37.8 Å². The van der Waals surface area contributed by atoms with Crippen molar-refractivity contribution in [2.45, 2.75) is 40.2 Å². The third-order valence-electron chi connectivity index (χ3n) is 3.00. The van der Waals surface area contributed by atoms with Gasteiger partial charge < -0.3 is 20.3 Å². The van der Waals surface area contributed by atoms with E-state index in [1.54, 1.807) is 19.0 Å². The van der Waals surface area contributed by atoms with Gasteiger partial charge in [-0.15, -0.1) is 11.3 Å². The van der Waals surface area contributed by atoms with Crippen LogP contribution in [0.2, 0.25) is 0 Å². The van der Waals surface area contributed by atoms with Gasteiger partial charge in [0.25, 0.3) is 5.91 Å². The first-order valence-corrected chi connectivity index (χ1v) is 8.20. The number of hydrogen-bond acceptors (Lipinski definition) is 5. The van der Waals surface area contributed by atoms with Crippen LogP contribution in [0.25, 0.3) is 0 Å². The Balaban J connectivity index is 3.32. The van der Waals surface area contributed by atoms with Crippen molar-refractivity contribution in [3.8, 4) is 5.75 Å². The number of nitrogen functional groups attached to an aromatic ring is 1. The number of rotatable bonds is 7. The molecule has 1 amide bonds. The molecule has 0 fully saturated rings. The van der Waals surface area contributed by atoms with Crippen molar-refractivity contribution < 1.29 is 9.53 Å². The SMILES string of the molecule is CCCN(CC)c1sc(C(=O)N(C)C)c(N)c1OC(C)C. The molecule has 0 atom stereocenters. The van der Waals surface area contributed by atoms with Crippen LogP contribution in [0.5, 0.6) is 5.75 Å². The van der Waals surface area contributed by atoms with Crippen molar-refractivity contribution in [1.82, 2.24) is 4.90 Å². The van der Waals surface area contributed by atoms with E-state index in [4.69, 9.17) is 10.5 Å². The summed E-state index contributed by atoms with van der Waals surface area (Å²) >= 11 is 1.42. The van der Waals surface area contributed by atoms with Crippen molar-refractivity contribution in [3.63, 3.8) is 0 Å². The molecule has 0 aromatic carbocycles. The molecule has 1 aromatic heterocycles. The number of thiophene rings is 1. The van der Waals surface area contributed by atoms with Crippen molar-refractivity contribution in [3.05, 3.63) is 4.88 Å². The molecule has 0 spiro atoms. The first-order chi connectivity index (χ1) is 9.83. The number of ether oxygens (including phenoxy) is 1. The van der Waals surface area contributed by atoms with Gasteiger partial charge in [0.05, 0.1) is 6.10 Å². The first kappa shape index (κ1) is 17.6. The number of nitrogens with zero attached hydrogens (tertiary/aromatic N) is 2. The van der Waals surface area contributed by atoms with E-state index < -0.39 is 0 Å². The first-order valence-electron chi connectivity index (χ1n) is 7.38. The van der Waals surface area contributed by atoms with Crippen LogP contribution in [0.3, 0.4) is 0 Å². The minimum Gasteiger partial charge on any atom is -0.486 e. The van der Waals surface area contributed by atoms with Gasteiger partial charge in [0.2, 0.25) is 0 Å². The van der Waals surface area contributed by atoms with Crippen LogP contribution in [-0.4, -0.2) is 44.1 Å². The van der Waals surface area contributed by atoms with E-state index in [1.165, 1.54) is 11.3 Å². The van der Waals surface area contributed by atoms with Gasteiger partial charge >= 0.3 is 0 Å². The Labute approximate surface area is 131 Å². The van der Waals surface area contributed by atoms with Crippen LogP contribution in [0.15, 0.2) is 0 Å². The quantitative estimate of drug-likeness (QED) is 0.840. The van der Waals surface area contributed by atoms with Crippen LogP contribution in [0.4, 0.5) is 10.7 Å². The predicted octanol–water partition coefficient (Wildman–Crippen LogP) is 3.06.